The van der Waals surface area contributed by atoms with E-state index < -0.39 is 0 Å². The van der Waals surface area contributed by atoms with E-state index >= 15 is 0 Å². The zero-order chi connectivity index (χ0) is 41.8. The van der Waals surface area contributed by atoms with Gasteiger partial charge in [0.15, 0.2) is 5.78 Å². The van der Waals surface area contributed by atoms with E-state index in [-0.39, 0.29) is 46.8 Å². The van der Waals surface area contributed by atoms with Crippen LogP contribution in [0.15, 0.2) is 61.5 Å². The molecule has 312 valence electrons. The highest BCUT2D eigenvalue weighted by Gasteiger charge is 2.46. The van der Waals surface area contributed by atoms with Crippen LogP contribution < -0.4 is 21.3 Å². The van der Waals surface area contributed by atoms with Crippen molar-refractivity contribution in [3.05, 3.63) is 61.5 Å². The molecule has 5 atom stereocenters. The Kier molecular flexibility index (Phi) is 24.1. The van der Waals surface area contributed by atoms with Crippen molar-refractivity contribution in [3.63, 3.8) is 0 Å². The van der Waals surface area contributed by atoms with E-state index in [2.05, 4.69) is 122 Å². The molecule has 4 N–H and O–H groups in total. The van der Waals surface area contributed by atoms with Crippen LogP contribution in [0.3, 0.4) is 0 Å². The Morgan fingerprint density at radius 3 is 1.85 bits per heavy atom. The monoisotopic (exact) mass is 754 g/mol. The lowest BCUT2D eigenvalue weighted by Crippen LogP contribution is -2.55. The maximum Gasteiger partial charge on any atom is 0.315 e. The molecule has 2 rings (SSSR count). The summed E-state index contributed by atoms with van der Waals surface area (Å²) in [5.74, 6) is 0.697. The maximum atomic E-state index is 13.8. The fraction of sp³-hybridized carbons (Fsp3) is 0.745. The second-order valence-electron chi connectivity index (χ2n) is 18.0. The summed E-state index contributed by atoms with van der Waals surface area (Å²) in [6.45, 7) is 47.5. The highest BCUT2D eigenvalue weighted by Crippen LogP contribution is 2.45. The Labute approximate surface area is 334 Å². The van der Waals surface area contributed by atoms with Crippen LogP contribution >= 0.6 is 0 Å². The Morgan fingerprint density at radius 1 is 0.870 bits per heavy atom. The van der Waals surface area contributed by atoms with Gasteiger partial charge in [0.05, 0.1) is 18.1 Å². The van der Waals surface area contributed by atoms with Crippen LogP contribution in [0.5, 0.6) is 0 Å². The summed E-state index contributed by atoms with van der Waals surface area (Å²) in [5.41, 5.74) is 3.63. The molecule has 7 heteroatoms. The molecule has 0 aromatic carbocycles. The van der Waals surface area contributed by atoms with Crippen molar-refractivity contribution in [2.75, 3.05) is 13.6 Å². The number of carbonyl (C=O) groups is 2. The molecule has 1 saturated heterocycles. The zero-order valence-corrected chi connectivity index (χ0v) is 37.6. The number of urea groups is 1. The molecule has 0 radical (unpaired) electrons. The second kappa shape index (κ2) is 25.4. The van der Waals surface area contributed by atoms with Crippen molar-refractivity contribution in [2.45, 2.75) is 190 Å². The third kappa shape index (κ3) is 17.8. The first-order valence-electron chi connectivity index (χ1n) is 21.2. The Balaban J connectivity index is 0.00000278. The first-order valence-corrected chi connectivity index (χ1v) is 21.2. The Morgan fingerprint density at radius 2 is 1.43 bits per heavy atom. The van der Waals surface area contributed by atoms with Gasteiger partial charge in [-0.15, -0.1) is 13.2 Å². The van der Waals surface area contributed by atoms with Crippen molar-refractivity contribution in [3.8, 4) is 0 Å². The van der Waals surface area contributed by atoms with Crippen LogP contribution in [0.2, 0.25) is 0 Å². The summed E-state index contributed by atoms with van der Waals surface area (Å²) in [6, 6.07) is 0.234. The van der Waals surface area contributed by atoms with Crippen LogP contribution in [0, 0.1) is 22.7 Å². The quantitative estimate of drug-likeness (QED) is 0.0780. The molecule has 2 amide bonds. The third-order valence-electron chi connectivity index (χ3n) is 11.7. The minimum absolute atomic E-state index is 0.000376. The normalized spacial score (nSPS) is 19.2. The number of carbonyl (C=O) groups excluding carboxylic acids is 2. The number of ketones is 1. The van der Waals surface area contributed by atoms with Gasteiger partial charge in [0, 0.05) is 35.6 Å². The van der Waals surface area contributed by atoms with Gasteiger partial charge in [-0.2, -0.15) is 0 Å². The van der Waals surface area contributed by atoms with E-state index in [1.54, 1.807) is 6.92 Å². The first-order chi connectivity index (χ1) is 25.1. The highest BCUT2D eigenvalue weighted by atomic mass is 16.2. The van der Waals surface area contributed by atoms with E-state index in [1.807, 2.05) is 20.0 Å². The Bertz CT molecular complexity index is 1190. The average Bonchev–Trinajstić information content (AvgIpc) is 3.58. The number of Topliss-reactive ketones (excluding diaryl/α,β-unsaturated/α-hetero) is 1. The molecular formula is C47H87N5O2. The van der Waals surface area contributed by atoms with Crippen LogP contribution in [-0.2, 0) is 4.79 Å². The molecule has 2 aliphatic rings. The van der Waals surface area contributed by atoms with Gasteiger partial charge in [0.1, 0.15) is 0 Å². The highest BCUT2D eigenvalue weighted by molar-refractivity contribution is 5.93. The fourth-order valence-corrected chi connectivity index (χ4v) is 7.38. The molecule has 0 aromatic heterocycles. The lowest BCUT2D eigenvalue weighted by atomic mass is 9.72. The first kappa shape index (κ1) is 51.2. The van der Waals surface area contributed by atoms with E-state index in [0.29, 0.717) is 23.5 Å². The molecule has 1 heterocycles. The van der Waals surface area contributed by atoms with Gasteiger partial charge in [-0.25, -0.2) is 4.79 Å². The molecule has 4 unspecified atom stereocenters. The van der Waals surface area contributed by atoms with Gasteiger partial charge < -0.3 is 26.2 Å². The second-order valence-corrected chi connectivity index (χ2v) is 18.0. The molecule has 1 aliphatic heterocycles. The van der Waals surface area contributed by atoms with Crippen LogP contribution in [-0.4, -0.2) is 60.5 Å². The summed E-state index contributed by atoms with van der Waals surface area (Å²) in [4.78, 5) is 28.6. The van der Waals surface area contributed by atoms with Crippen molar-refractivity contribution in [1.82, 2.24) is 26.2 Å². The summed E-state index contributed by atoms with van der Waals surface area (Å²) < 4.78 is 0. The van der Waals surface area contributed by atoms with Gasteiger partial charge in [-0.05, 0) is 88.5 Å². The van der Waals surface area contributed by atoms with Crippen molar-refractivity contribution < 1.29 is 9.59 Å². The molecule has 0 bridgehead atoms. The number of nitrogens with one attached hydrogen (secondary N) is 4. The molecule has 0 spiro atoms. The van der Waals surface area contributed by atoms with E-state index in [9.17, 15) is 9.59 Å². The smallest absolute Gasteiger partial charge is 0.315 e. The van der Waals surface area contributed by atoms with Gasteiger partial charge in [-0.3, -0.25) is 4.79 Å². The van der Waals surface area contributed by atoms with Crippen LogP contribution in [0.4, 0.5) is 4.79 Å². The SMILES string of the molecule is C=C(C)CCC(NC(=O)NC(C(=C)N1CC[C@H](C(C)(C)CC)C1C(=C)NC(CCC)C(=C)C(C)=O)C1CCCCC1)C(C)(C)C.C=CCC.CNC(C)C. The predicted molar refractivity (Wildman–Crippen MR) is 237 cm³/mol. The van der Waals surface area contributed by atoms with E-state index in [0.717, 1.165) is 81.3 Å². The summed E-state index contributed by atoms with van der Waals surface area (Å²) in [5, 5.41) is 13.5. The topological polar surface area (TPSA) is 85.5 Å². The number of rotatable bonds is 19. The minimum atomic E-state index is -0.163. The third-order valence-corrected chi connectivity index (χ3v) is 11.7. The fourth-order valence-electron chi connectivity index (χ4n) is 7.38. The number of amides is 2. The van der Waals surface area contributed by atoms with Crippen molar-refractivity contribution in [2.24, 2.45) is 22.7 Å². The molecule has 0 aromatic rings. The summed E-state index contributed by atoms with van der Waals surface area (Å²) >= 11 is 0. The van der Waals surface area contributed by atoms with Crippen LogP contribution in [0.25, 0.3) is 0 Å². The zero-order valence-electron chi connectivity index (χ0n) is 37.6. The van der Waals surface area contributed by atoms with Gasteiger partial charge in [0.2, 0.25) is 0 Å². The summed E-state index contributed by atoms with van der Waals surface area (Å²) in [7, 11) is 1.95. The lowest BCUT2D eigenvalue weighted by molar-refractivity contribution is -0.113. The average molecular weight is 754 g/mol. The van der Waals surface area contributed by atoms with Crippen molar-refractivity contribution in [1.29, 1.82) is 0 Å². The Hall–Kier alpha value is -2.80. The molecule has 2 fully saturated rings. The standard InChI is InChI=1S/C39H68N4O2.C4H11N.C4H8/c1-14-19-33(27(5)30(8)44)40-28(6)36-32(39(12,13)15-2)24-25-43(36)29(7)35(31-20-17-16-18-21-31)42-37(45)41-34(38(9,10)11)23-22-26(3)4;1-4(2)5-3;1-3-4-2/h31-36,40H,3,5-7,14-25H2,1-2,4,8-13H3,(H2,41,42,45);4-5H,1-3H3;3H,1,4H2,2H3/t32-,33?,34?,35?,36?;;/m0../s1. The summed E-state index contributed by atoms with van der Waals surface area (Å²) in [6.07, 6.45) is 14.3. The molecule has 1 saturated carbocycles. The number of allylic oxidation sites excluding steroid dienone is 2. The molecule has 7 nitrogen and oxygen atoms in total. The molecular weight excluding hydrogens is 667 g/mol. The maximum absolute atomic E-state index is 13.8. The number of hydrogen-bond acceptors (Lipinski definition) is 5. The van der Waals surface area contributed by atoms with E-state index in [4.69, 9.17) is 6.58 Å². The van der Waals surface area contributed by atoms with Gasteiger partial charge in [0.25, 0.3) is 0 Å². The number of nitrogens with zero attached hydrogens (tertiary/aromatic N) is 1. The molecule has 54 heavy (non-hydrogen) atoms. The predicted octanol–water partition coefficient (Wildman–Crippen LogP) is 11.3. The minimum Gasteiger partial charge on any atom is -0.380 e. The van der Waals surface area contributed by atoms with E-state index in [1.165, 1.54) is 19.3 Å². The number of hydrogen-bond donors (Lipinski definition) is 4. The van der Waals surface area contributed by atoms with Gasteiger partial charge >= 0.3 is 6.03 Å². The van der Waals surface area contributed by atoms with Crippen molar-refractivity contribution >= 4 is 11.8 Å². The molecule has 1 aliphatic carbocycles. The van der Waals surface area contributed by atoms with Crippen LogP contribution in [0.1, 0.15) is 160 Å². The lowest BCUT2D eigenvalue weighted by Gasteiger charge is -2.43. The largest absolute Gasteiger partial charge is 0.380 e. The van der Waals surface area contributed by atoms with Gasteiger partial charge in [-0.1, -0.05) is 133 Å². The number of likely N-dealkylation sites (tertiary alicyclic amines) is 1.